The van der Waals surface area contributed by atoms with Gasteiger partial charge < -0.3 is 14.7 Å². The van der Waals surface area contributed by atoms with Crippen molar-refractivity contribution < 1.29 is 14.2 Å². The van der Waals surface area contributed by atoms with E-state index in [1.165, 1.54) is 6.07 Å². The Labute approximate surface area is 117 Å². The molecule has 1 aliphatic heterocycles. The summed E-state index contributed by atoms with van der Waals surface area (Å²) < 4.78 is 19.6. The fourth-order valence-corrected chi connectivity index (χ4v) is 2.54. The summed E-state index contributed by atoms with van der Waals surface area (Å²) in [5.74, 6) is 0.736. The molecule has 1 N–H and O–H groups in total. The Morgan fingerprint density at radius 3 is 2.90 bits per heavy atom. The third-order valence-corrected chi connectivity index (χ3v) is 3.53. The molecule has 0 fully saturated rings. The average Bonchev–Trinajstić information content (AvgIpc) is 2.42. The van der Waals surface area contributed by atoms with Gasteiger partial charge in [0.25, 0.3) is 0 Å². The molecule has 0 aliphatic carbocycles. The van der Waals surface area contributed by atoms with E-state index in [-0.39, 0.29) is 17.7 Å². The van der Waals surface area contributed by atoms with Crippen molar-refractivity contribution in [3.05, 3.63) is 53.8 Å². The Hall–Kier alpha value is -2.23. The number of benzene rings is 2. The van der Waals surface area contributed by atoms with E-state index < -0.39 is 0 Å². The molecule has 3 nitrogen and oxygen atoms in total. The highest BCUT2D eigenvalue weighted by molar-refractivity contribution is 5.62. The molecule has 1 heterocycles. The number of likely N-dealkylation sites (N-methyl/N-ethyl adjacent to an activating group) is 1. The number of hydrogen-bond acceptors (Lipinski definition) is 3. The Kier molecular flexibility index (Phi) is 3.22. The summed E-state index contributed by atoms with van der Waals surface area (Å²) in [7, 11) is 1.94. The van der Waals surface area contributed by atoms with Crippen LogP contribution >= 0.6 is 0 Å². The smallest absolute Gasteiger partial charge is 0.143 e. The zero-order valence-corrected chi connectivity index (χ0v) is 11.2. The van der Waals surface area contributed by atoms with Crippen molar-refractivity contribution in [1.82, 2.24) is 0 Å². The first kappa shape index (κ1) is 12.8. The van der Waals surface area contributed by atoms with Crippen LogP contribution in [-0.2, 0) is 6.42 Å². The molecule has 0 spiro atoms. The van der Waals surface area contributed by atoms with Crippen LogP contribution in [-0.4, -0.2) is 24.8 Å². The van der Waals surface area contributed by atoms with Crippen molar-refractivity contribution in [1.29, 1.82) is 0 Å². The van der Waals surface area contributed by atoms with Gasteiger partial charge in [-0.25, -0.2) is 4.39 Å². The van der Waals surface area contributed by atoms with Crippen LogP contribution in [0.2, 0.25) is 0 Å². The number of nitrogens with zero attached hydrogens (tertiary/aromatic N) is 1. The van der Waals surface area contributed by atoms with Gasteiger partial charge in [-0.3, -0.25) is 0 Å². The van der Waals surface area contributed by atoms with Gasteiger partial charge in [-0.1, -0.05) is 18.2 Å². The number of hydrogen-bond donors (Lipinski definition) is 1. The van der Waals surface area contributed by atoms with E-state index in [0.717, 1.165) is 11.4 Å². The van der Waals surface area contributed by atoms with Gasteiger partial charge in [-0.05, 0) is 23.8 Å². The van der Waals surface area contributed by atoms with Gasteiger partial charge in [-0.2, -0.15) is 0 Å². The quantitative estimate of drug-likeness (QED) is 0.913. The predicted octanol–water partition coefficient (Wildman–Crippen LogP) is 2.97. The lowest BCUT2D eigenvalue weighted by Gasteiger charge is -2.34. The number of anilines is 1. The lowest BCUT2D eigenvalue weighted by Crippen LogP contribution is -2.39. The number of fused-ring (bicyclic) bond motifs is 1. The van der Waals surface area contributed by atoms with Crippen molar-refractivity contribution in [3.8, 4) is 11.5 Å². The van der Waals surface area contributed by atoms with E-state index >= 15 is 0 Å². The van der Waals surface area contributed by atoms with E-state index in [1.54, 1.807) is 30.3 Å². The summed E-state index contributed by atoms with van der Waals surface area (Å²) in [5, 5.41) is 9.51. The van der Waals surface area contributed by atoms with Crippen LogP contribution in [0.15, 0.2) is 42.5 Å². The largest absolute Gasteiger partial charge is 0.508 e. The molecule has 0 saturated heterocycles. The minimum Gasteiger partial charge on any atom is -0.508 e. The molecule has 1 unspecified atom stereocenters. The Bertz CT molecular complexity index is 630. The molecule has 0 saturated carbocycles. The maximum Gasteiger partial charge on any atom is 0.143 e. The molecule has 0 radical (unpaired) electrons. The van der Waals surface area contributed by atoms with Gasteiger partial charge in [0.1, 0.15) is 23.4 Å². The summed E-state index contributed by atoms with van der Waals surface area (Å²) in [6.45, 7) is 0.658. The normalized spacial score (nSPS) is 17.5. The monoisotopic (exact) mass is 273 g/mol. The number of phenols is 1. The molecule has 4 heteroatoms. The number of ether oxygens (including phenoxy) is 1. The first-order chi connectivity index (χ1) is 9.63. The summed E-state index contributed by atoms with van der Waals surface area (Å²) in [6.07, 6.45) is 0.422. The molecule has 1 atom stereocenters. The summed E-state index contributed by atoms with van der Waals surface area (Å²) in [6, 6.07) is 11.8. The van der Waals surface area contributed by atoms with Crippen LogP contribution < -0.4 is 9.64 Å². The molecule has 1 aliphatic rings. The minimum absolute atomic E-state index is 0.103. The maximum absolute atomic E-state index is 13.7. The number of halogens is 1. The number of aromatic hydroxyl groups is 1. The zero-order chi connectivity index (χ0) is 14.1. The van der Waals surface area contributed by atoms with Crippen molar-refractivity contribution in [2.45, 2.75) is 12.5 Å². The van der Waals surface area contributed by atoms with Gasteiger partial charge in [0.15, 0.2) is 0 Å². The fourth-order valence-electron chi connectivity index (χ4n) is 2.54. The van der Waals surface area contributed by atoms with E-state index in [9.17, 15) is 9.50 Å². The highest BCUT2D eigenvalue weighted by atomic mass is 19.1. The molecular formula is C16H16FNO2. The van der Waals surface area contributed by atoms with Gasteiger partial charge in [0.2, 0.25) is 0 Å². The van der Waals surface area contributed by atoms with E-state index in [4.69, 9.17) is 4.74 Å². The van der Waals surface area contributed by atoms with E-state index in [2.05, 4.69) is 0 Å². The second kappa shape index (κ2) is 5.04. The van der Waals surface area contributed by atoms with Gasteiger partial charge >= 0.3 is 0 Å². The van der Waals surface area contributed by atoms with E-state index in [1.807, 2.05) is 18.0 Å². The fraction of sp³-hybridized carbons (Fsp3) is 0.250. The second-order valence-electron chi connectivity index (χ2n) is 5.07. The first-order valence-corrected chi connectivity index (χ1v) is 6.57. The van der Waals surface area contributed by atoms with Crippen LogP contribution in [0, 0.1) is 5.82 Å². The van der Waals surface area contributed by atoms with Crippen LogP contribution in [0.1, 0.15) is 5.56 Å². The molecule has 0 aromatic heterocycles. The van der Waals surface area contributed by atoms with Gasteiger partial charge in [0, 0.05) is 19.5 Å². The molecule has 0 bridgehead atoms. The van der Waals surface area contributed by atoms with Crippen LogP contribution in [0.3, 0.4) is 0 Å². The Morgan fingerprint density at radius 1 is 1.30 bits per heavy atom. The lowest BCUT2D eigenvalue weighted by atomic mass is 10.1. The maximum atomic E-state index is 13.7. The summed E-state index contributed by atoms with van der Waals surface area (Å²) in [4.78, 5) is 2.02. The molecule has 20 heavy (non-hydrogen) atoms. The standard InChI is InChI=1S/C16H16FNO2/c1-18-10-13(8-11-4-2-3-5-14(11)17)20-16-7-6-12(19)9-15(16)18/h2-7,9,13,19H,8,10H2,1H3. The Morgan fingerprint density at radius 2 is 2.10 bits per heavy atom. The highest BCUT2D eigenvalue weighted by Gasteiger charge is 2.24. The zero-order valence-electron chi connectivity index (χ0n) is 11.2. The Balaban J connectivity index is 1.82. The molecule has 0 amide bonds. The van der Waals surface area contributed by atoms with Crippen LogP contribution in [0.25, 0.3) is 0 Å². The topological polar surface area (TPSA) is 32.7 Å². The highest BCUT2D eigenvalue weighted by Crippen LogP contribution is 2.35. The van der Waals surface area contributed by atoms with Gasteiger partial charge in [-0.15, -0.1) is 0 Å². The number of phenolic OH excluding ortho intramolecular Hbond substituents is 1. The lowest BCUT2D eigenvalue weighted by molar-refractivity contribution is 0.194. The van der Waals surface area contributed by atoms with Crippen LogP contribution in [0.4, 0.5) is 10.1 Å². The first-order valence-electron chi connectivity index (χ1n) is 6.57. The second-order valence-corrected chi connectivity index (χ2v) is 5.07. The molecule has 104 valence electrons. The van der Waals surface area contributed by atoms with Gasteiger partial charge in [0.05, 0.1) is 12.2 Å². The van der Waals surface area contributed by atoms with Crippen LogP contribution in [0.5, 0.6) is 11.5 Å². The van der Waals surface area contributed by atoms with Crippen molar-refractivity contribution in [2.75, 3.05) is 18.5 Å². The molecular weight excluding hydrogens is 257 g/mol. The average molecular weight is 273 g/mol. The summed E-state index contributed by atoms with van der Waals surface area (Å²) in [5.41, 5.74) is 1.52. The third kappa shape index (κ3) is 2.41. The number of rotatable bonds is 2. The summed E-state index contributed by atoms with van der Waals surface area (Å²) >= 11 is 0. The van der Waals surface area contributed by atoms with E-state index in [0.29, 0.717) is 18.5 Å². The third-order valence-electron chi connectivity index (χ3n) is 3.53. The SMILES string of the molecule is CN1CC(Cc2ccccc2F)Oc2ccc(O)cc21. The van der Waals surface area contributed by atoms with Crippen molar-refractivity contribution in [2.24, 2.45) is 0 Å². The van der Waals surface area contributed by atoms with Crippen molar-refractivity contribution in [3.63, 3.8) is 0 Å². The predicted molar refractivity (Wildman–Crippen MR) is 75.9 cm³/mol. The molecule has 2 aromatic carbocycles. The molecule has 3 rings (SSSR count). The van der Waals surface area contributed by atoms with Crippen molar-refractivity contribution >= 4 is 5.69 Å². The molecule has 2 aromatic rings. The minimum atomic E-state index is -0.199.